The van der Waals surface area contributed by atoms with Gasteiger partial charge in [-0.25, -0.2) is 9.59 Å². The summed E-state index contributed by atoms with van der Waals surface area (Å²) in [5.74, 6) is -7.09. The lowest BCUT2D eigenvalue weighted by Crippen LogP contribution is -2.64. The van der Waals surface area contributed by atoms with Crippen LogP contribution in [-0.4, -0.2) is 74.1 Å². The van der Waals surface area contributed by atoms with E-state index in [0.29, 0.717) is 27.8 Å². The topological polar surface area (TPSA) is 167 Å². The van der Waals surface area contributed by atoms with Crippen LogP contribution in [0.25, 0.3) is 11.1 Å². The number of ether oxygens (including phenoxy) is 10. The summed E-state index contributed by atoms with van der Waals surface area (Å²) < 4.78 is 66.6. The molecule has 5 aliphatic rings. The maximum Gasteiger partial charge on any atom is 0.339 e. The second kappa shape index (κ2) is 18.1. The molecule has 2 fully saturated rings. The summed E-state index contributed by atoms with van der Waals surface area (Å²) in [6, 6.07) is 49.1. The lowest BCUT2D eigenvalue weighted by Gasteiger charge is -2.48. The number of hydrogen-bond acceptors (Lipinski definition) is 14. The fourth-order valence-corrected chi connectivity index (χ4v) is 10.8. The summed E-state index contributed by atoms with van der Waals surface area (Å²) in [4.78, 5) is 31.2. The van der Waals surface area contributed by atoms with E-state index in [1.807, 2.05) is 127 Å². The van der Waals surface area contributed by atoms with Crippen LogP contribution in [0.3, 0.4) is 0 Å². The van der Waals surface area contributed by atoms with Crippen LogP contribution in [0.2, 0.25) is 25.7 Å². The SMILES string of the molecule is C[Si](C)(C)CCO[C@@H]1O[C@@H]2CO[C@@H](c3ccccc3)O[C@H]2[C@@H]2OC(=O)c3cc4c(c(O)c3-c3c(cc(O)c5c3OC(c3ccccc3)(c3ccccc3)O5)C(=O)O[C@@H]12)OC(c1ccccc1)(c1ccccc1)O4. The average molecular weight is 999 g/mol. The summed E-state index contributed by atoms with van der Waals surface area (Å²) >= 11 is 0. The van der Waals surface area contributed by atoms with Crippen molar-refractivity contribution in [3.8, 4) is 45.6 Å². The van der Waals surface area contributed by atoms with Gasteiger partial charge in [0.2, 0.25) is 11.5 Å². The fraction of sp³-hybridized carbons (Fsp3) is 0.241. The summed E-state index contributed by atoms with van der Waals surface area (Å²) in [5, 5.41) is 25.2. The molecule has 0 saturated carbocycles. The smallest absolute Gasteiger partial charge is 0.339 e. The molecule has 6 atom stereocenters. The highest BCUT2D eigenvalue weighted by molar-refractivity contribution is 6.76. The van der Waals surface area contributed by atoms with Crippen molar-refractivity contribution in [3.63, 3.8) is 0 Å². The van der Waals surface area contributed by atoms with Gasteiger partial charge in [0.1, 0.15) is 12.2 Å². The van der Waals surface area contributed by atoms with E-state index >= 15 is 9.59 Å². The van der Waals surface area contributed by atoms with Crippen LogP contribution in [0.15, 0.2) is 164 Å². The minimum atomic E-state index is -1.76. The minimum absolute atomic E-state index is 0.00863. The van der Waals surface area contributed by atoms with Gasteiger partial charge in [-0.3, -0.25) is 0 Å². The number of rotatable bonds is 9. The first-order chi connectivity index (χ1) is 35.4. The summed E-state index contributed by atoms with van der Waals surface area (Å²) in [5.41, 5.74) is 1.90. The van der Waals surface area contributed by atoms with Crippen molar-refractivity contribution in [3.05, 3.63) is 203 Å². The molecule has 0 unspecified atom stereocenters. The highest BCUT2D eigenvalue weighted by Gasteiger charge is 2.57. The third-order valence-electron chi connectivity index (χ3n) is 13.7. The molecule has 5 heterocycles. The molecule has 2 N–H and O–H groups in total. The van der Waals surface area contributed by atoms with E-state index in [9.17, 15) is 10.2 Å². The Balaban J connectivity index is 1.07. The zero-order chi connectivity index (χ0) is 50.1. The highest BCUT2D eigenvalue weighted by Crippen LogP contribution is 2.62. The van der Waals surface area contributed by atoms with Crippen molar-refractivity contribution < 1.29 is 67.2 Å². The number of esters is 2. The first-order valence-corrected chi connectivity index (χ1v) is 27.9. The average Bonchev–Trinajstić information content (AvgIpc) is 4.04. The molecule has 14 nitrogen and oxygen atoms in total. The van der Waals surface area contributed by atoms with E-state index in [1.165, 1.54) is 12.1 Å². The Labute approximate surface area is 421 Å². The second-order valence-corrected chi connectivity index (χ2v) is 25.3. The van der Waals surface area contributed by atoms with Crippen LogP contribution in [0.1, 0.15) is 54.8 Å². The van der Waals surface area contributed by atoms with E-state index in [1.54, 1.807) is 24.3 Å². The van der Waals surface area contributed by atoms with Gasteiger partial charge in [-0.05, 0) is 18.2 Å². The van der Waals surface area contributed by atoms with Gasteiger partial charge in [0.15, 0.2) is 47.8 Å². The lowest BCUT2D eigenvalue weighted by molar-refractivity contribution is -0.359. The zero-order valence-electron chi connectivity index (χ0n) is 40.0. The molecular weight excluding hydrogens is 949 g/mol. The number of carbonyl (C=O) groups excluding carboxylic acids is 2. The van der Waals surface area contributed by atoms with Crippen molar-refractivity contribution in [2.45, 2.75) is 74.3 Å². The molecule has 12 rings (SSSR count). The molecule has 0 bridgehead atoms. The second-order valence-electron chi connectivity index (χ2n) is 19.7. The Hall–Kier alpha value is -7.66. The van der Waals surface area contributed by atoms with Gasteiger partial charge in [-0.1, -0.05) is 171 Å². The molecule has 0 amide bonds. The summed E-state index contributed by atoms with van der Waals surface area (Å²) in [7, 11) is -1.68. The number of aromatic hydroxyl groups is 2. The predicted octanol–water partition coefficient (Wildman–Crippen LogP) is 10.4. The Morgan fingerprint density at radius 1 is 0.562 bits per heavy atom. The molecule has 0 aliphatic carbocycles. The molecule has 7 aromatic rings. The third kappa shape index (κ3) is 8.04. The van der Waals surface area contributed by atoms with Crippen molar-refractivity contribution in [1.82, 2.24) is 0 Å². The Bertz CT molecular complexity index is 3130. The van der Waals surface area contributed by atoms with Crippen LogP contribution in [0.5, 0.6) is 34.5 Å². The highest BCUT2D eigenvalue weighted by atomic mass is 28.3. The van der Waals surface area contributed by atoms with Gasteiger partial charge >= 0.3 is 23.5 Å². The molecule has 0 spiro atoms. The van der Waals surface area contributed by atoms with Gasteiger partial charge in [-0.15, -0.1) is 0 Å². The summed E-state index contributed by atoms with van der Waals surface area (Å²) in [6.45, 7) is 6.86. The van der Waals surface area contributed by atoms with E-state index in [2.05, 4.69) is 19.6 Å². The fourth-order valence-electron chi connectivity index (χ4n) is 10.1. The normalized spacial score (nSPS) is 23.2. The van der Waals surface area contributed by atoms with Crippen molar-refractivity contribution in [2.75, 3.05) is 13.2 Å². The van der Waals surface area contributed by atoms with Crippen molar-refractivity contribution >= 4 is 20.0 Å². The zero-order valence-corrected chi connectivity index (χ0v) is 41.0. The van der Waals surface area contributed by atoms with Gasteiger partial charge < -0.3 is 57.6 Å². The molecule has 2 saturated heterocycles. The number of fused-ring (bicyclic) bond motifs is 9. The van der Waals surface area contributed by atoms with Gasteiger partial charge in [-0.2, -0.15) is 0 Å². The van der Waals surface area contributed by atoms with Crippen LogP contribution in [-0.2, 0) is 40.0 Å². The predicted molar refractivity (Wildman–Crippen MR) is 266 cm³/mol. The maximum absolute atomic E-state index is 15.7. The standard InChI is InChI=1S/C58H50O14Si/c1-73(2,3)30-29-63-56-52-51(49-43(65-56)33-64-55(68-49)34-19-9-4-10-20-34)66-54(62)40-32-42-48(71-57(69-42,35-21-11-5-12-22-35)36-23-13-6-14-24-36)46(60)44(40)45-39(53(61)67-52)31-41(59)47-50(45)72-58(70-47,37-25-15-7-16-26-37)38-27-17-8-18-28-38/h4-28,31-32,43,49,51-52,55-56,59-60H,29-30,33H2,1-3H3/t43-,49-,51+,52-,55-,56-/m1/s1. The van der Waals surface area contributed by atoms with Crippen LogP contribution in [0, 0.1) is 0 Å². The Morgan fingerprint density at radius 2 is 1.05 bits per heavy atom. The molecule has 73 heavy (non-hydrogen) atoms. The molecule has 7 aromatic carbocycles. The van der Waals surface area contributed by atoms with Crippen LogP contribution in [0.4, 0.5) is 0 Å². The molecule has 370 valence electrons. The van der Waals surface area contributed by atoms with Gasteiger partial charge in [0, 0.05) is 53.6 Å². The third-order valence-corrected chi connectivity index (χ3v) is 15.4. The largest absolute Gasteiger partial charge is 0.504 e. The van der Waals surface area contributed by atoms with E-state index in [4.69, 9.17) is 47.4 Å². The minimum Gasteiger partial charge on any atom is -0.504 e. The van der Waals surface area contributed by atoms with Crippen molar-refractivity contribution in [2.24, 2.45) is 0 Å². The van der Waals surface area contributed by atoms with Gasteiger partial charge in [0.25, 0.3) is 0 Å². The number of benzene rings is 7. The van der Waals surface area contributed by atoms with E-state index in [-0.39, 0.29) is 58.5 Å². The first kappa shape index (κ1) is 46.4. The Kier molecular flexibility index (Phi) is 11.5. The molecule has 15 heteroatoms. The summed E-state index contributed by atoms with van der Waals surface area (Å²) in [6.07, 6.45) is -6.96. The maximum atomic E-state index is 15.7. The number of phenols is 2. The number of hydrogen-bond donors (Lipinski definition) is 2. The van der Waals surface area contributed by atoms with E-state index < -0.39 is 80.1 Å². The van der Waals surface area contributed by atoms with E-state index in [0.717, 1.165) is 6.04 Å². The quantitative estimate of drug-likeness (QED) is 0.104. The van der Waals surface area contributed by atoms with Crippen molar-refractivity contribution in [1.29, 1.82) is 0 Å². The molecule has 0 aromatic heterocycles. The lowest BCUT2D eigenvalue weighted by atomic mass is 9.90. The molecule has 0 radical (unpaired) electrons. The molecular formula is C58H50O14Si. The number of carbonyl (C=O) groups is 2. The van der Waals surface area contributed by atoms with Gasteiger partial charge in [0.05, 0.1) is 17.7 Å². The first-order valence-electron chi connectivity index (χ1n) is 24.2. The van der Waals surface area contributed by atoms with Crippen LogP contribution >= 0.6 is 0 Å². The number of phenolic OH excluding ortho intramolecular Hbond substituents is 2. The molecule has 5 aliphatic heterocycles. The Morgan fingerprint density at radius 3 is 1.62 bits per heavy atom. The van der Waals surface area contributed by atoms with Crippen LogP contribution < -0.4 is 18.9 Å². The monoisotopic (exact) mass is 998 g/mol.